The van der Waals surface area contributed by atoms with Crippen molar-refractivity contribution in [2.45, 2.75) is 13.8 Å². The number of piperazine rings is 1. The number of carbonyl (C=O) groups excluding carboxylic acids is 1. The first-order chi connectivity index (χ1) is 15.0. The lowest BCUT2D eigenvalue weighted by molar-refractivity contribution is 0.208. The molecule has 0 atom stereocenters. The zero-order valence-corrected chi connectivity index (χ0v) is 18.4. The lowest BCUT2D eigenvalue weighted by Gasteiger charge is -2.35. The van der Waals surface area contributed by atoms with E-state index in [-0.39, 0.29) is 6.03 Å². The number of anilines is 4. The highest BCUT2D eigenvalue weighted by atomic mass is 35.5. The quantitative estimate of drug-likeness (QED) is 0.611. The molecule has 2 heterocycles. The maximum Gasteiger partial charge on any atom is 0.322 e. The number of halogens is 1. The van der Waals surface area contributed by atoms with Crippen molar-refractivity contribution in [2.24, 2.45) is 0 Å². The van der Waals surface area contributed by atoms with E-state index in [9.17, 15) is 4.79 Å². The van der Waals surface area contributed by atoms with Crippen molar-refractivity contribution < 1.29 is 4.79 Å². The Morgan fingerprint density at radius 3 is 2.39 bits per heavy atom. The summed E-state index contributed by atoms with van der Waals surface area (Å²) in [7, 11) is 0. The number of urea groups is 1. The molecule has 1 fully saturated rings. The smallest absolute Gasteiger partial charge is 0.322 e. The summed E-state index contributed by atoms with van der Waals surface area (Å²) in [6.07, 6.45) is 0. The van der Waals surface area contributed by atoms with Gasteiger partial charge >= 0.3 is 6.03 Å². The van der Waals surface area contributed by atoms with Crippen LogP contribution < -0.4 is 15.5 Å². The molecule has 31 heavy (non-hydrogen) atoms. The van der Waals surface area contributed by atoms with E-state index in [0.717, 1.165) is 17.3 Å². The molecule has 2 N–H and O–H groups in total. The fraction of sp³-hybridized carbons (Fsp3) is 0.261. The minimum atomic E-state index is -0.145. The zero-order valence-electron chi connectivity index (χ0n) is 17.6. The second-order valence-corrected chi connectivity index (χ2v) is 7.94. The Bertz CT molecular complexity index is 1060. The molecular formula is C23H25ClN6O. The average molecular weight is 437 g/mol. The van der Waals surface area contributed by atoms with Gasteiger partial charge in [0.05, 0.1) is 10.7 Å². The molecule has 2 aromatic carbocycles. The van der Waals surface area contributed by atoms with Gasteiger partial charge in [-0.05, 0) is 38.1 Å². The number of amides is 2. The normalized spacial score (nSPS) is 13.8. The Morgan fingerprint density at radius 2 is 1.68 bits per heavy atom. The Balaban J connectivity index is 1.39. The number of carbonyl (C=O) groups is 1. The van der Waals surface area contributed by atoms with Crippen LogP contribution in [0.4, 0.5) is 27.8 Å². The van der Waals surface area contributed by atoms with Crippen molar-refractivity contribution in [3.8, 4) is 0 Å². The largest absolute Gasteiger partial charge is 0.353 e. The summed E-state index contributed by atoms with van der Waals surface area (Å²) >= 11 is 6.14. The van der Waals surface area contributed by atoms with Crippen LogP contribution in [-0.4, -0.2) is 47.1 Å². The lowest BCUT2D eigenvalue weighted by atomic mass is 10.2. The molecule has 0 aliphatic carbocycles. The van der Waals surface area contributed by atoms with Crippen LogP contribution in [0.5, 0.6) is 0 Å². The Labute approximate surface area is 187 Å². The summed E-state index contributed by atoms with van der Waals surface area (Å²) < 4.78 is 0. The van der Waals surface area contributed by atoms with E-state index in [0.29, 0.717) is 42.7 Å². The van der Waals surface area contributed by atoms with Crippen LogP contribution in [0.2, 0.25) is 5.02 Å². The molecule has 0 unspecified atom stereocenters. The van der Waals surface area contributed by atoms with Gasteiger partial charge in [-0.3, -0.25) is 0 Å². The molecule has 0 spiro atoms. The molecular weight excluding hydrogens is 412 g/mol. The maximum absolute atomic E-state index is 12.6. The third kappa shape index (κ3) is 5.24. The third-order valence-corrected chi connectivity index (χ3v) is 5.48. The molecule has 4 rings (SSSR count). The maximum atomic E-state index is 12.6. The fourth-order valence-electron chi connectivity index (χ4n) is 3.46. The van der Waals surface area contributed by atoms with Gasteiger partial charge in [-0.1, -0.05) is 41.4 Å². The van der Waals surface area contributed by atoms with E-state index in [2.05, 4.69) is 44.6 Å². The topological polar surface area (TPSA) is 73.4 Å². The van der Waals surface area contributed by atoms with Crippen LogP contribution in [0.15, 0.2) is 54.6 Å². The number of hydrogen-bond donors (Lipinski definition) is 2. The van der Waals surface area contributed by atoms with Gasteiger partial charge in [0.25, 0.3) is 0 Å². The average Bonchev–Trinajstić information content (AvgIpc) is 2.77. The number of benzene rings is 2. The van der Waals surface area contributed by atoms with Gasteiger partial charge < -0.3 is 20.4 Å². The molecule has 1 aliphatic rings. The fourth-order valence-corrected chi connectivity index (χ4v) is 3.64. The SMILES string of the molecule is Cc1ccc(Nc2cc(N3CCN(C(=O)Nc4ccccc4Cl)CC3)nc(C)n2)cc1. The Hall–Kier alpha value is -3.32. The molecule has 0 saturated carbocycles. The zero-order chi connectivity index (χ0) is 21.8. The Morgan fingerprint density at radius 1 is 0.968 bits per heavy atom. The number of hydrogen-bond acceptors (Lipinski definition) is 5. The molecule has 0 radical (unpaired) electrons. The molecule has 2 amide bonds. The monoisotopic (exact) mass is 436 g/mol. The van der Waals surface area contributed by atoms with Gasteiger partial charge in [-0.2, -0.15) is 0 Å². The van der Waals surface area contributed by atoms with Gasteiger partial charge in [0.15, 0.2) is 0 Å². The number of aromatic nitrogens is 2. The third-order valence-electron chi connectivity index (χ3n) is 5.15. The first-order valence-corrected chi connectivity index (χ1v) is 10.6. The van der Waals surface area contributed by atoms with Crippen LogP contribution in [0.1, 0.15) is 11.4 Å². The van der Waals surface area contributed by atoms with Crippen molar-refractivity contribution >= 4 is 40.6 Å². The highest BCUT2D eigenvalue weighted by Gasteiger charge is 2.23. The first-order valence-electron chi connectivity index (χ1n) is 10.2. The molecule has 0 bridgehead atoms. The van der Waals surface area contributed by atoms with E-state index in [1.54, 1.807) is 17.0 Å². The molecule has 1 aromatic heterocycles. The van der Waals surface area contributed by atoms with Crippen LogP contribution >= 0.6 is 11.6 Å². The lowest BCUT2D eigenvalue weighted by Crippen LogP contribution is -2.50. The summed E-state index contributed by atoms with van der Waals surface area (Å²) in [6, 6.07) is 17.2. The van der Waals surface area contributed by atoms with Gasteiger partial charge in [0, 0.05) is 37.9 Å². The highest BCUT2D eigenvalue weighted by molar-refractivity contribution is 6.33. The summed E-state index contributed by atoms with van der Waals surface area (Å²) in [6.45, 7) is 6.52. The summed E-state index contributed by atoms with van der Waals surface area (Å²) in [5, 5.41) is 6.76. The predicted octanol–water partition coefficient (Wildman–Crippen LogP) is 4.84. The second kappa shape index (κ2) is 9.22. The molecule has 7 nitrogen and oxygen atoms in total. The molecule has 3 aromatic rings. The highest BCUT2D eigenvalue weighted by Crippen LogP contribution is 2.23. The van der Waals surface area contributed by atoms with Crippen molar-refractivity contribution in [1.29, 1.82) is 0 Å². The number of aryl methyl sites for hydroxylation is 2. The first kappa shape index (κ1) is 20.9. The van der Waals surface area contributed by atoms with Crippen LogP contribution in [0.25, 0.3) is 0 Å². The molecule has 1 aliphatic heterocycles. The number of nitrogens with zero attached hydrogens (tertiary/aromatic N) is 4. The van der Waals surface area contributed by atoms with Crippen LogP contribution in [0.3, 0.4) is 0 Å². The van der Waals surface area contributed by atoms with Gasteiger partial charge in [0.1, 0.15) is 17.5 Å². The molecule has 1 saturated heterocycles. The summed E-state index contributed by atoms with van der Waals surface area (Å²) in [4.78, 5) is 25.7. The van der Waals surface area contributed by atoms with E-state index in [4.69, 9.17) is 11.6 Å². The van der Waals surface area contributed by atoms with Gasteiger partial charge in [-0.15, -0.1) is 0 Å². The molecule has 160 valence electrons. The minimum Gasteiger partial charge on any atom is -0.353 e. The number of rotatable bonds is 4. The van der Waals surface area contributed by atoms with Crippen molar-refractivity contribution in [2.75, 3.05) is 41.7 Å². The van der Waals surface area contributed by atoms with E-state index >= 15 is 0 Å². The number of nitrogens with one attached hydrogen (secondary N) is 2. The van der Waals surface area contributed by atoms with Gasteiger partial charge in [-0.25, -0.2) is 14.8 Å². The van der Waals surface area contributed by atoms with Gasteiger partial charge in [0.2, 0.25) is 0 Å². The summed E-state index contributed by atoms with van der Waals surface area (Å²) in [5.41, 5.74) is 2.81. The second-order valence-electron chi connectivity index (χ2n) is 7.53. The van der Waals surface area contributed by atoms with E-state index in [1.165, 1.54) is 5.56 Å². The van der Waals surface area contributed by atoms with E-state index < -0.39 is 0 Å². The van der Waals surface area contributed by atoms with Crippen molar-refractivity contribution in [3.63, 3.8) is 0 Å². The van der Waals surface area contributed by atoms with Crippen molar-refractivity contribution in [3.05, 3.63) is 71.0 Å². The van der Waals surface area contributed by atoms with Crippen LogP contribution in [-0.2, 0) is 0 Å². The summed E-state index contributed by atoms with van der Waals surface area (Å²) in [5.74, 6) is 2.31. The Kier molecular flexibility index (Phi) is 6.23. The standard InChI is InChI=1S/C23H25ClN6O/c1-16-7-9-18(10-8-16)27-21-15-22(26-17(2)25-21)29-11-13-30(14-12-29)23(31)28-20-6-4-3-5-19(20)24/h3-10,15H,11-14H2,1-2H3,(H,28,31)(H,25,26,27). The van der Waals surface area contributed by atoms with Crippen LogP contribution in [0, 0.1) is 13.8 Å². The molecule has 8 heteroatoms. The predicted molar refractivity (Wildman–Crippen MR) is 125 cm³/mol. The minimum absolute atomic E-state index is 0.145. The number of para-hydroxylation sites is 1. The van der Waals surface area contributed by atoms with E-state index in [1.807, 2.05) is 37.3 Å². The van der Waals surface area contributed by atoms with Crippen molar-refractivity contribution in [1.82, 2.24) is 14.9 Å².